The van der Waals surface area contributed by atoms with Gasteiger partial charge in [0.15, 0.2) is 0 Å². The van der Waals surface area contributed by atoms with Gasteiger partial charge in [0, 0.05) is 17.6 Å². The molecule has 7 heteroatoms. The highest BCUT2D eigenvalue weighted by Gasteiger charge is 2.10. The lowest BCUT2D eigenvalue weighted by Crippen LogP contribution is -2.12. The van der Waals surface area contributed by atoms with Crippen LogP contribution in [0, 0.1) is 5.92 Å². The van der Waals surface area contributed by atoms with Crippen molar-refractivity contribution in [3.63, 3.8) is 0 Å². The number of amides is 1. The number of benzene rings is 1. The van der Waals surface area contributed by atoms with Gasteiger partial charge < -0.3 is 15.8 Å². The summed E-state index contributed by atoms with van der Waals surface area (Å²) in [4.78, 5) is 16.2. The van der Waals surface area contributed by atoms with E-state index in [1.54, 1.807) is 5.38 Å². The van der Waals surface area contributed by atoms with Gasteiger partial charge in [0.1, 0.15) is 16.5 Å². The third-order valence-corrected chi connectivity index (χ3v) is 3.91. The Morgan fingerprint density at radius 3 is 2.61 bits per heavy atom. The van der Waals surface area contributed by atoms with Crippen molar-refractivity contribution in [1.82, 2.24) is 4.98 Å². The van der Waals surface area contributed by atoms with Gasteiger partial charge in [-0.25, -0.2) is 4.98 Å². The zero-order valence-electron chi connectivity index (χ0n) is 13.2. The Morgan fingerprint density at radius 1 is 1.35 bits per heavy atom. The molecule has 3 N–H and O–H groups in total. The van der Waals surface area contributed by atoms with E-state index < -0.39 is 0 Å². The molecular weight excluding hydrogens is 334 g/mol. The van der Waals surface area contributed by atoms with Gasteiger partial charge in [-0.15, -0.1) is 23.7 Å². The number of nitrogens with zero attached hydrogens (tertiary/aromatic N) is 1. The maximum Gasteiger partial charge on any atom is 0.275 e. The molecule has 1 aromatic carbocycles. The molecule has 0 saturated heterocycles. The second kappa shape index (κ2) is 9.50. The van der Waals surface area contributed by atoms with Crippen molar-refractivity contribution in [2.24, 2.45) is 11.7 Å². The molecule has 0 radical (unpaired) electrons. The Morgan fingerprint density at radius 2 is 2.04 bits per heavy atom. The van der Waals surface area contributed by atoms with Crippen LogP contribution in [0.25, 0.3) is 0 Å². The summed E-state index contributed by atoms with van der Waals surface area (Å²) in [6, 6.07) is 7.34. The molecular formula is C16H22ClN3O2S. The first-order valence-corrected chi connectivity index (χ1v) is 8.15. The van der Waals surface area contributed by atoms with Crippen LogP contribution in [0.4, 0.5) is 5.69 Å². The lowest BCUT2D eigenvalue weighted by atomic mass is 10.1. The molecule has 0 spiro atoms. The number of ether oxygens (including phenoxy) is 1. The zero-order chi connectivity index (χ0) is 15.9. The number of carbonyl (C=O) groups excluding carboxylic acids is 1. The fraction of sp³-hybridized carbons (Fsp3) is 0.375. The first-order valence-electron chi connectivity index (χ1n) is 7.27. The van der Waals surface area contributed by atoms with Crippen LogP contribution in [0.3, 0.4) is 0 Å². The average Bonchev–Trinajstić information content (AvgIpc) is 2.98. The van der Waals surface area contributed by atoms with Crippen LogP contribution >= 0.6 is 23.7 Å². The van der Waals surface area contributed by atoms with Gasteiger partial charge in [0.2, 0.25) is 0 Å². The first-order chi connectivity index (χ1) is 10.6. The predicted octanol–water partition coefficient (Wildman–Crippen LogP) is 3.70. The van der Waals surface area contributed by atoms with Crippen molar-refractivity contribution in [1.29, 1.82) is 0 Å². The fourth-order valence-electron chi connectivity index (χ4n) is 1.75. The quantitative estimate of drug-likeness (QED) is 0.793. The van der Waals surface area contributed by atoms with Gasteiger partial charge >= 0.3 is 0 Å². The second-order valence-electron chi connectivity index (χ2n) is 5.34. The van der Waals surface area contributed by atoms with Gasteiger partial charge in [-0.3, -0.25) is 4.79 Å². The van der Waals surface area contributed by atoms with Crippen molar-refractivity contribution in [2.75, 3.05) is 11.9 Å². The number of nitrogens with two attached hydrogens (primary N) is 1. The topological polar surface area (TPSA) is 77.2 Å². The van der Waals surface area contributed by atoms with Crippen molar-refractivity contribution < 1.29 is 9.53 Å². The maximum atomic E-state index is 12.0. The fourth-order valence-corrected chi connectivity index (χ4v) is 2.41. The van der Waals surface area contributed by atoms with E-state index in [4.69, 9.17) is 10.5 Å². The number of anilines is 1. The van der Waals surface area contributed by atoms with Gasteiger partial charge in [0.25, 0.3) is 5.91 Å². The highest BCUT2D eigenvalue weighted by atomic mass is 35.5. The van der Waals surface area contributed by atoms with Crippen molar-refractivity contribution in [2.45, 2.75) is 26.8 Å². The number of halogens is 1. The minimum Gasteiger partial charge on any atom is -0.494 e. The highest BCUT2D eigenvalue weighted by molar-refractivity contribution is 7.09. The lowest BCUT2D eigenvalue weighted by molar-refractivity contribution is 0.102. The van der Waals surface area contributed by atoms with E-state index in [-0.39, 0.29) is 18.3 Å². The Hall–Kier alpha value is -1.63. The molecule has 1 amide bonds. The smallest absolute Gasteiger partial charge is 0.275 e. The monoisotopic (exact) mass is 355 g/mol. The lowest BCUT2D eigenvalue weighted by Gasteiger charge is -2.09. The van der Waals surface area contributed by atoms with Gasteiger partial charge in [-0.05, 0) is 36.6 Å². The number of nitrogens with one attached hydrogen (secondary N) is 1. The summed E-state index contributed by atoms with van der Waals surface area (Å²) >= 11 is 1.39. The van der Waals surface area contributed by atoms with Gasteiger partial charge in [-0.1, -0.05) is 13.8 Å². The first kappa shape index (κ1) is 19.4. The summed E-state index contributed by atoms with van der Waals surface area (Å²) in [5, 5.41) is 5.26. The van der Waals surface area contributed by atoms with E-state index in [0.717, 1.165) is 17.2 Å². The summed E-state index contributed by atoms with van der Waals surface area (Å²) in [6.07, 6.45) is 1.02. The minimum atomic E-state index is -0.232. The molecule has 0 bridgehead atoms. The van der Waals surface area contributed by atoms with Crippen LogP contribution in [-0.2, 0) is 6.54 Å². The zero-order valence-corrected chi connectivity index (χ0v) is 14.9. The largest absolute Gasteiger partial charge is 0.494 e. The van der Waals surface area contributed by atoms with E-state index in [1.165, 1.54) is 11.3 Å². The Labute approximate surface area is 146 Å². The summed E-state index contributed by atoms with van der Waals surface area (Å²) in [5.41, 5.74) is 6.60. The second-order valence-corrected chi connectivity index (χ2v) is 6.28. The molecule has 0 aliphatic rings. The van der Waals surface area contributed by atoms with Crippen LogP contribution in [0.1, 0.15) is 35.8 Å². The standard InChI is InChI=1S/C16H21N3O2S.ClH/c1-11(2)7-8-21-13-5-3-12(4-6-13)18-16(20)14-10-22-15(9-17)19-14;/h3-6,10-11H,7-9,17H2,1-2H3,(H,18,20);1H. The summed E-state index contributed by atoms with van der Waals surface area (Å²) in [5.74, 6) is 1.19. The SMILES string of the molecule is CC(C)CCOc1ccc(NC(=O)c2csc(CN)n2)cc1.Cl. The molecule has 0 fully saturated rings. The van der Waals surface area contributed by atoms with E-state index in [9.17, 15) is 4.79 Å². The summed E-state index contributed by atoms with van der Waals surface area (Å²) < 4.78 is 5.64. The maximum absolute atomic E-state index is 12.0. The van der Waals surface area contributed by atoms with Crippen LogP contribution in [-0.4, -0.2) is 17.5 Å². The molecule has 126 valence electrons. The Kier molecular flexibility index (Phi) is 8.02. The molecule has 0 atom stereocenters. The van der Waals surface area contributed by atoms with Crippen molar-refractivity contribution >= 4 is 35.3 Å². The molecule has 1 aromatic heterocycles. The molecule has 2 aromatic rings. The van der Waals surface area contributed by atoms with Crippen molar-refractivity contribution in [3.05, 3.63) is 40.3 Å². The number of hydrogen-bond acceptors (Lipinski definition) is 5. The molecule has 0 saturated carbocycles. The van der Waals surface area contributed by atoms with E-state index in [2.05, 4.69) is 24.1 Å². The predicted molar refractivity (Wildman–Crippen MR) is 96.6 cm³/mol. The van der Waals surface area contributed by atoms with E-state index >= 15 is 0 Å². The van der Waals surface area contributed by atoms with Crippen LogP contribution in [0.2, 0.25) is 0 Å². The normalized spacial score (nSPS) is 10.3. The molecule has 0 unspecified atom stereocenters. The van der Waals surface area contributed by atoms with Gasteiger partial charge in [0.05, 0.1) is 6.61 Å². The molecule has 0 aliphatic carbocycles. The number of hydrogen-bond donors (Lipinski definition) is 2. The van der Waals surface area contributed by atoms with Gasteiger partial charge in [-0.2, -0.15) is 0 Å². The summed E-state index contributed by atoms with van der Waals surface area (Å²) in [6.45, 7) is 5.37. The molecule has 5 nitrogen and oxygen atoms in total. The third kappa shape index (κ3) is 6.17. The van der Waals surface area contributed by atoms with Crippen LogP contribution in [0.15, 0.2) is 29.6 Å². The van der Waals surface area contributed by atoms with Crippen LogP contribution < -0.4 is 15.8 Å². The minimum absolute atomic E-state index is 0. The Bertz CT molecular complexity index is 614. The van der Waals surface area contributed by atoms with E-state index in [1.807, 2.05) is 24.3 Å². The number of thiazole rings is 1. The third-order valence-electron chi connectivity index (χ3n) is 3.04. The molecule has 2 rings (SSSR count). The number of rotatable bonds is 7. The number of carbonyl (C=O) groups is 1. The van der Waals surface area contributed by atoms with Crippen LogP contribution in [0.5, 0.6) is 5.75 Å². The molecule has 23 heavy (non-hydrogen) atoms. The highest BCUT2D eigenvalue weighted by Crippen LogP contribution is 2.18. The Balaban J connectivity index is 0.00000264. The molecule has 0 aliphatic heterocycles. The average molecular weight is 356 g/mol. The van der Waals surface area contributed by atoms with Crippen molar-refractivity contribution in [3.8, 4) is 5.75 Å². The molecule has 1 heterocycles. The number of aromatic nitrogens is 1. The van der Waals surface area contributed by atoms with E-state index in [0.29, 0.717) is 30.5 Å². The summed E-state index contributed by atoms with van der Waals surface area (Å²) in [7, 11) is 0.